The quantitative estimate of drug-likeness (QED) is 0.151. The molecule has 4 saturated carbocycles. The highest BCUT2D eigenvalue weighted by molar-refractivity contribution is 6.42. The molecule has 2 aromatic heterocycles. The maximum absolute atomic E-state index is 2.80. The first-order valence-corrected chi connectivity index (χ1v) is 19.1. The minimum absolute atomic E-state index is 0.763. The van der Waals surface area contributed by atoms with Gasteiger partial charge in [0.05, 0.1) is 16.6 Å². The molecule has 16 rings (SSSR count). The highest BCUT2D eigenvalue weighted by Crippen LogP contribution is 2.60. The van der Waals surface area contributed by atoms with Gasteiger partial charge in [0, 0.05) is 21.5 Å². The van der Waals surface area contributed by atoms with Crippen LogP contribution in [0.4, 0.5) is 0 Å². The smallest absolute Gasteiger partial charge is 0.0633 e. The van der Waals surface area contributed by atoms with Gasteiger partial charge < -0.3 is 4.40 Å². The molecular weight excluding hydrogens is 567 g/mol. The molecule has 1 heteroatoms. The van der Waals surface area contributed by atoms with E-state index in [-0.39, 0.29) is 0 Å². The number of benzene rings is 6. The lowest BCUT2D eigenvalue weighted by molar-refractivity contribution is 0.165. The Morgan fingerprint density at radius 3 is 1.26 bits per heavy atom. The van der Waals surface area contributed by atoms with E-state index in [2.05, 4.69) is 71.1 Å². The van der Waals surface area contributed by atoms with Crippen LogP contribution < -0.4 is 0 Å². The molecule has 6 aromatic carbocycles. The second-order valence-corrected chi connectivity index (χ2v) is 17.7. The van der Waals surface area contributed by atoms with E-state index in [4.69, 9.17) is 0 Å². The van der Waals surface area contributed by atoms with E-state index in [1.54, 1.807) is 22.3 Å². The summed E-state index contributed by atoms with van der Waals surface area (Å²) in [5, 5.41) is 14.8. The molecule has 0 spiro atoms. The van der Waals surface area contributed by atoms with Gasteiger partial charge in [0.15, 0.2) is 0 Å². The van der Waals surface area contributed by atoms with Crippen LogP contribution >= 0.6 is 0 Å². The van der Waals surface area contributed by atoms with Gasteiger partial charge in [-0.25, -0.2) is 0 Å². The molecule has 1 nitrogen and oxygen atoms in total. The first-order chi connectivity index (χ1) is 23.2. The average molecular weight is 606 g/mol. The number of aromatic nitrogens is 1. The van der Waals surface area contributed by atoms with Gasteiger partial charge in [-0.05, 0) is 190 Å². The van der Waals surface area contributed by atoms with Crippen molar-refractivity contribution >= 4 is 70.4 Å². The van der Waals surface area contributed by atoms with Crippen molar-refractivity contribution in [2.45, 2.75) is 87.9 Å². The fourth-order valence-corrected chi connectivity index (χ4v) is 14.2. The Balaban J connectivity index is 1.21. The Labute approximate surface area is 274 Å². The fraction of sp³-hybridized carbons (Fsp3) is 0.391. The van der Waals surface area contributed by atoms with Crippen LogP contribution in [0.5, 0.6) is 0 Å². The number of nitrogens with zero attached hydrogens (tertiary/aromatic N) is 1. The van der Waals surface area contributed by atoms with E-state index in [0.717, 1.165) is 47.3 Å². The van der Waals surface area contributed by atoms with Crippen molar-refractivity contribution in [3.63, 3.8) is 0 Å². The van der Waals surface area contributed by atoms with Crippen molar-refractivity contribution in [3.05, 3.63) is 89.0 Å². The first-order valence-electron chi connectivity index (χ1n) is 19.1. The van der Waals surface area contributed by atoms with Gasteiger partial charge in [0.1, 0.15) is 0 Å². The molecule has 4 fully saturated rings. The van der Waals surface area contributed by atoms with Crippen LogP contribution in [0, 0.1) is 23.7 Å². The molecule has 8 aliphatic carbocycles. The average Bonchev–Trinajstić information content (AvgIpc) is 3.46. The standard InChI is InChI=1S/C46H39N/c1-2-26-4-6-32-43-33(7-5-27(3-1)42(26)43)45-39-19-35-29-12-24-9-25(13-29)17-31(16-24)37(35)21-41(39)47-40-20-36-30-14-22-8-23(15-30)11-28(10-22)34(36)18-38(40)44(32)46(45)47/h1-7,18-25,28-31H,8-17H2. The molecule has 8 aromatic rings. The number of fused-ring (bicyclic) bond motifs is 8. The van der Waals surface area contributed by atoms with Gasteiger partial charge in [0.2, 0.25) is 0 Å². The van der Waals surface area contributed by atoms with E-state index in [9.17, 15) is 0 Å². The number of hydrogen-bond acceptors (Lipinski definition) is 0. The summed E-state index contributed by atoms with van der Waals surface area (Å²) in [6.45, 7) is 0. The monoisotopic (exact) mass is 605 g/mol. The van der Waals surface area contributed by atoms with E-state index in [1.807, 2.05) is 0 Å². The van der Waals surface area contributed by atoms with Crippen LogP contribution in [-0.4, -0.2) is 4.40 Å². The molecular formula is C46H39N. The van der Waals surface area contributed by atoms with Gasteiger partial charge in [-0.2, -0.15) is 0 Å². The highest BCUT2D eigenvalue weighted by Gasteiger charge is 2.44. The fourth-order valence-electron chi connectivity index (χ4n) is 14.2. The van der Waals surface area contributed by atoms with Crippen LogP contribution in [0.25, 0.3) is 70.4 Å². The van der Waals surface area contributed by atoms with Crippen molar-refractivity contribution in [1.29, 1.82) is 0 Å². The molecule has 0 aliphatic heterocycles. The lowest BCUT2D eigenvalue weighted by atomic mass is 9.67. The zero-order chi connectivity index (χ0) is 29.9. The third-order valence-corrected chi connectivity index (χ3v) is 15.5. The molecule has 2 heterocycles. The van der Waals surface area contributed by atoms with Crippen LogP contribution in [0.15, 0.2) is 66.7 Å². The summed E-state index contributed by atoms with van der Waals surface area (Å²) in [6.07, 6.45) is 14.4. The van der Waals surface area contributed by atoms with Crippen molar-refractivity contribution < 1.29 is 0 Å². The Hall–Kier alpha value is -3.84. The summed E-state index contributed by atoms with van der Waals surface area (Å²) in [5.74, 6) is 6.85. The molecule has 0 radical (unpaired) electrons. The molecule has 0 N–H and O–H groups in total. The van der Waals surface area contributed by atoms with E-state index in [0.29, 0.717) is 0 Å². The lowest BCUT2D eigenvalue weighted by Gasteiger charge is -2.38. The minimum atomic E-state index is 0.763. The third-order valence-electron chi connectivity index (χ3n) is 15.5. The topological polar surface area (TPSA) is 4.41 Å². The van der Waals surface area contributed by atoms with Crippen LogP contribution in [0.3, 0.4) is 0 Å². The predicted octanol–water partition coefficient (Wildman–Crippen LogP) is 12.5. The summed E-state index contributed by atoms with van der Waals surface area (Å²) in [5.41, 5.74) is 11.4. The Kier molecular flexibility index (Phi) is 4.08. The van der Waals surface area contributed by atoms with Gasteiger partial charge in [-0.3, -0.25) is 0 Å². The van der Waals surface area contributed by atoms with E-state index in [1.165, 1.54) is 135 Å². The van der Waals surface area contributed by atoms with Crippen molar-refractivity contribution in [1.82, 2.24) is 4.40 Å². The predicted molar refractivity (Wildman–Crippen MR) is 196 cm³/mol. The second kappa shape index (κ2) is 7.89. The summed E-state index contributed by atoms with van der Waals surface area (Å²) in [4.78, 5) is 0. The molecule has 47 heavy (non-hydrogen) atoms. The minimum Gasteiger partial charge on any atom is -0.308 e. The molecule has 4 atom stereocenters. The molecule has 0 amide bonds. The molecule has 4 unspecified atom stereocenters. The van der Waals surface area contributed by atoms with Crippen LogP contribution in [0.1, 0.15) is 110 Å². The first kappa shape index (κ1) is 24.3. The Morgan fingerprint density at radius 2 is 0.809 bits per heavy atom. The number of hydrogen-bond donors (Lipinski definition) is 0. The highest BCUT2D eigenvalue weighted by atomic mass is 14.9. The maximum atomic E-state index is 2.80. The van der Waals surface area contributed by atoms with E-state index >= 15 is 0 Å². The van der Waals surface area contributed by atoms with Gasteiger partial charge in [0.25, 0.3) is 0 Å². The molecule has 0 saturated heterocycles. The van der Waals surface area contributed by atoms with Gasteiger partial charge >= 0.3 is 0 Å². The lowest BCUT2D eigenvalue weighted by Crippen LogP contribution is -2.25. The molecule has 8 bridgehead atoms. The largest absolute Gasteiger partial charge is 0.308 e. The zero-order valence-corrected chi connectivity index (χ0v) is 27.0. The Bertz CT molecular complexity index is 2500. The summed E-state index contributed by atoms with van der Waals surface area (Å²) in [7, 11) is 0. The van der Waals surface area contributed by atoms with Crippen LogP contribution in [0.2, 0.25) is 0 Å². The maximum Gasteiger partial charge on any atom is 0.0633 e. The molecule has 228 valence electrons. The second-order valence-electron chi connectivity index (χ2n) is 17.7. The molecule has 8 aliphatic rings. The summed E-state index contributed by atoms with van der Waals surface area (Å²) >= 11 is 0. The van der Waals surface area contributed by atoms with Crippen molar-refractivity contribution in [3.8, 4) is 0 Å². The third kappa shape index (κ3) is 2.79. The summed E-state index contributed by atoms with van der Waals surface area (Å²) in [6, 6.07) is 27.7. The van der Waals surface area contributed by atoms with Crippen molar-refractivity contribution in [2.75, 3.05) is 0 Å². The number of rotatable bonds is 0. The SMILES string of the molecule is c1cc2ccc3c4c(ccc(c1)c24)c1c2cc4c(cc2n2c5cc6c(cc5c3c12)C1CC2CC(C1)CC6C2)C1CC2CC(CC4C2)C1. The zero-order valence-electron chi connectivity index (χ0n) is 27.0. The summed E-state index contributed by atoms with van der Waals surface area (Å²) < 4.78 is 2.80. The van der Waals surface area contributed by atoms with Crippen molar-refractivity contribution in [2.24, 2.45) is 23.7 Å². The van der Waals surface area contributed by atoms with E-state index < -0.39 is 0 Å². The van der Waals surface area contributed by atoms with Gasteiger partial charge in [-0.15, -0.1) is 0 Å². The van der Waals surface area contributed by atoms with Crippen LogP contribution in [-0.2, 0) is 0 Å². The normalized spacial score (nSPS) is 32.3. The Morgan fingerprint density at radius 1 is 0.383 bits per heavy atom. The van der Waals surface area contributed by atoms with Gasteiger partial charge in [-0.1, -0.05) is 42.5 Å².